The van der Waals surface area contributed by atoms with Crippen molar-refractivity contribution >= 4 is 22.8 Å². The van der Waals surface area contributed by atoms with Gasteiger partial charge in [0.1, 0.15) is 6.04 Å². The van der Waals surface area contributed by atoms with E-state index in [4.69, 9.17) is 0 Å². The molecule has 5 nitrogen and oxygen atoms in total. The van der Waals surface area contributed by atoms with Crippen LogP contribution < -0.4 is 5.32 Å². The van der Waals surface area contributed by atoms with E-state index >= 15 is 0 Å². The Morgan fingerprint density at radius 1 is 1.28 bits per heavy atom. The fourth-order valence-corrected chi connectivity index (χ4v) is 2.30. The summed E-state index contributed by atoms with van der Waals surface area (Å²) >= 11 is 0. The number of amides is 3. The number of nitrogens with zero attached hydrogens (tertiary/aromatic N) is 1. The van der Waals surface area contributed by atoms with Crippen LogP contribution in [0.15, 0.2) is 30.5 Å². The summed E-state index contributed by atoms with van der Waals surface area (Å²) < 4.78 is 0. The number of carbonyl (C=O) groups excluding carboxylic acids is 2. The van der Waals surface area contributed by atoms with Crippen LogP contribution in [-0.4, -0.2) is 34.9 Å². The summed E-state index contributed by atoms with van der Waals surface area (Å²) in [5.41, 5.74) is 2.08. The number of fused-ring (bicyclic) bond motifs is 1. The summed E-state index contributed by atoms with van der Waals surface area (Å²) in [5, 5.41) is 3.77. The molecular formula is C13H13N3O2. The van der Waals surface area contributed by atoms with Crippen LogP contribution in [-0.2, 0) is 11.2 Å². The second-order valence-electron chi connectivity index (χ2n) is 4.46. The van der Waals surface area contributed by atoms with Gasteiger partial charge < -0.3 is 10.3 Å². The molecular weight excluding hydrogens is 230 g/mol. The normalized spacial score (nSPS) is 19.6. The van der Waals surface area contributed by atoms with E-state index in [2.05, 4.69) is 10.3 Å². The topological polar surface area (TPSA) is 65.2 Å². The zero-order valence-electron chi connectivity index (χ0n) is 9.93. The Morgan fingerprint density at radius 2 is 2.06 bits per heavy atom. The van der Waals surface area contributed by atoms with E-state index in [1.807, 2.05) is 30.5 Å². The molecule has 0 aliphatic carbocycles. The number of carbonyl (C=O) groups is 2. The third-order valence-corrected chi connectivity index (χ3v) is 3.33. The van der Waals surface area contributed by atoms with Crippen molar-refractivity contribution in [2.24, 2.45) is 0 Å². The minimum absolute atomic E-state index is 0.176. The summed E-state index contributed by atoms with van der Waals surface area (Å²) in [4.78, 5) is 27.5. The Kier molecular flexibility index (Phi) is 2.33. The first-order valence-corrected chi connectivity index (χ1v) is 5.80. The van der Waals surface area contributed by atoms with Crippen molar-refractivity contribution < 1.29 is 9.59 Å². The molecule has 2 heterocycles. The van der Waals surface area contributed by atoms with Gasteiger partial charge in [-0.2, -0.15) is 0 Å². The van der Waals surface area contributed by atoms with Crippen LogP contribution in [0.4, 0.5) is 4.79 Å². The van der Waals surface area contributed by atoms with Gasteiger partial charge in [-0.25, -0.2) is 4.79 Å². The molecule has 5 heteroatoms. The van der Waals surface area contributed by atoms with Gasteiger partial charge in [-0.05, 0) is 11.6 Å². The molecule has 1 aliphatic rings. The largest absolute Gasteiger partial charge is 0.361 e. The second-order valence-corrected chi connectivity index (χ2v) is 4.46. The molecule has 2 aromatic rings. The number of benzene rings is 1. The molecule has 18 heavy (non-hydrogen) atoms. The molecule has 3 amide bonds. The van der Waals surface area contributed by atoms with Gasteiger partial charge in [0.15, 0.2) is 0 Å². The van der Waals surface area contributed by atoms with Crippen LogP contribution in [0.1, 0.15) is 5.56 Å². The van der Waals surface area contributed by atoms with Gasteiger partial charge in [0, 0.05) is 30.6 Å². The average molecular weight is 243 g/mol. The predicted octanol–water partition coefficient (Wildman–Crippen LogP) is 1.26. The Hall–Kier alpha value is -2.30. The number of hydrogen-bond acceptors (Lipinski definition) is 2. The van der Waals surface area contributed by atoms with Crippen molar-refractivity contribution in [2.75, 3.05) is 7.05 Å². The third kappa shape index (κ3) is 1.55. The lowest BCUT2D eigenvalue weighted by Crippen LogP contribution is -2.31. The quantitative estimate of drug-likeness (QED) is 0.780. The predicted molar refractivity (Wildman–Crippen MR) is 67.1 cm³/mol. The molecule has 0 spiro atoms. The number of aromatic nitrogens is 1. The monoisotopic (exact) mass is 243 g/mol. The van der Waals surface area contributed by atoms with E-state index in [0.29, 0.717) is 6.42 Å². The van der Waals surface area contributed by atoms with Gasteiger partial charge in [0.2, 0.25) is 0 Å². The van der Waals surface area contributed by atoms with Crippen LogP contribution in [0.25, 0.3) is 10.9 Å². The van der Waals surface area contributed by atoms with Gasteiger partial charge >= 0.3 is 6.03 Å². The number of urea groups is 1. The maximum absolute atomic E-state index is 11.8. The molecule has 1 aromatic carbocycles. The van der Waals surface area contributed by atoms with Crippen molar-refractivity contribution in [3.63, 3.8) is 0 Å². The lowest BCUT2D eigenvalue weighted by molar-refractivity contribution is -0.126. The van der Waals surface area contributed by atoms with Crippen LogP contribution >= 0.6 is 0 Å². The van der Waals surface area contributed by atoms with Crippen molar-refractivity contribution in [1.29, 1.82) is 0 Å². The molecule has 0 saturated carbocycles. The van der Waals surface area contributed by atoms with Gasteiger partial charge in [0.05, 0.1) is 0 Å². The highest BCUT2D eigenvalue weighted by Gasteiger charge is 2.35. The number of likely N-dealkylation sites (N-methyl/N-ethyl adjacent to an activating group) is 1. The van der Waals surface area contributed by atoms with Gasteiger partial charge in [-0.1, -0.05) is 18.2 Å². The molecule has 1 aliphatic heterocycles. The SMILES string of the molecule is CN1C(=O)N[C@@H](Cc2c[nH]c3ccccc23)C1=O. The highest BCUT2D eigenvalue weighted by molar-refractivity contribution is 6.04. The van der Waals surface area contributed by atoms with Crippen molar-refractivity contribution in [1.82, 2.24) is 15.2 Å². The summed E-state index contributed by atoms with van der Waals surface area (Å²) in [6.45, 7) is 0. The molecule has 0 bridgehead atoms. The van der Waals surface area contributed by atoms with Crippen LogP contribution in [0.5, 0.6) is 0 Å². The number of imide groups is 1. The van der Waals surface area contributed by atoms with E-state index < -0.39 is 6.04 Å². The van der Waals surface area contributed by atoms with E-state index in [1.54, 1.807) is 0 Å². The average Bonchev–Trinajstić information content (AvgIpc) is 2.89. The van der Waals surface area contributed by atoms with Crippen molar-refractivity contribution in [3.8, 4) is 0 Å². The molecule has 0 unspecified atom stereocenters. The highest BCUT2D eigenvalue weighted by atomic mass is 16.2. The van der Waals surface area contributed by atoms with Crippen LogP contribution in [0, 0.1) is 0 Å². The fraction of sp³-hybridized carbons (Fsp3) is 0.231. The standard InChI is InChI=1S/C13H13N3O2/c1-16-12(17)11(15-13(16)18)6-8-7-14-10-5-3-2-4-9(8)10/h2-5,7,11,14H,6H2,1H3,(H,15,18)/t11-/m0/s1. The lowest BCUT2D eigenvalue weighted by Gasteiger charge is -2.06. The van der Waals surface area contributed by atoms with E-state index in [-0.39, 0.29) is 11.9 Å². The molecule has 1 atom stereocenters. The maximum Gasteiger partial charge on any atom is 0.324 e. The Labute approximate surface area is 104 Å². The first-order chi connectivity index (χ1) is 8.66. The second kappa shape index (κ2) is 3.87. The summed E-state index contributed by atoms with van der Waals surface area (Å²) in [6, 6.07) is 7.12. The van der Waals surface area contributed by atoms with Gasteiger partial charge in [0.25, 0.3) is 5.91 Å². The van der Waals surface area contributed by atoms with Crippen LogP contribution in [0.2, 0.25) is 0 Å². The van der Waals surface area contributed by atoms with Crippen molar-refractivity contribution in [2.45, 2.75) is 12.5 Å². The van der Waals surface area contributed by atoms with E-state index in [9.17, 15) is 9.59 Å². The molecule has 1 aromatic heterocycles. The Balaban J connectivity index is 1.89. The van der Waals surface area contributed by atoms with Gasteiger partial charge in [-0.15, -0.1) is 0 Å². The lowest BCUT2D eigenvalue weighted by atomic mass is 10.1. The number of hydrogen-bond donors (Lipinski definition) is 2. The minimum Gasteiger partial charge on any atom is -0.361 e. The molecule has 92 valence electrons. The first-order valence-electron chi connectivity index (χ1n) is 5.80. The van der Waals surface area contributed by atoms with Crippen LogP contribution in [0.3, 0.4) is 0 Å². The third-order valence-electron chi connectivity index (χ3n) is 3.33. The van der Waals surface area contributed by atoms with E-state index in [1.165, 1.54) is 7.05 Å². The Morgan fingerprint density at radius 3 is 2.78 bits per heavy atom. The fourth-order valence-electron chi connectivity index (χ4n) is 2.30. The Bertz CT molecular complexity index is 632. The number of rotatable bonds is 2. The molecule has 3 rings (SSSR count). The van der Waals surface area contributed by atoms with E-state index in [0.717, 1.165) is 21.4 Å². The number of para-hydroxylation sites is 1. The molecule has 2 N–H and O–H groups in total. The highest BCUT2D eigenvalue weighted by Crippen LogP contribution is 2.20. The smallest absolute Gasteiger partial charge is 0.324 e. The zero-order valence-corrected chi connectivity index (χ0v) is 9.93. The minimum atomic E-state index is -0.457. The summed E-state index contributed by atoms with van der Waals surface area (Å²) in [6.07, 6.45) is 2.40. The summed E-state index contributed by atoms with van der Waals surface area (Å²) in [7, 11) is 1.49. The zero-order chi connectivity index (χ0) is 12.7. The maximum atomic E-state index is 11.8. The van der Waals surface area contributed by atoms with Gasteiger partial charge in [-0.3, -0.25) is 9.69 Å². The summed E-state index contributed by atoms with van der Waals surface area (Å²) in [5.74, 6) is -0.176. The number of H-pyrrole nitrogens is 1. The van der Waals surface area contributed by atoms with Crippen molar-refractivity contribution in [3.05, 3.63) is 36.0 Å². The molecule has 1 fully saturated rings. The number of nitrogens with one attached hydrogen (secondary N) is 2. The number of aromatic amines is 1. The molecule has 1 saturated heterocycles. The first kappa shape index (κ1) is 10.8. The molecule has 0 radical (unpaired) electrons.